The van der Waals surface area contributed by atoms with Crippen LogP contribution in [0.4, 0.5) is 17.6 Å². The van der Waals surface area contributed by atoms with Gasteiger partial charge in [-0.3, -0.25) is 9.36 Å². The number of imidazole rings is 1. The van der Waals surface area contributed by atoms with Crippen LogP contribution in [0.25, 0.3) is 17.0 Å². The summed E-state index contributed by atoms with van der Waals surface area (Å²) in [6.07, 6.45) is 2.76. The lowest BCUT2D eigenvalue weighted by Gasteiger charge is -2.17. The van der Waals surface area contributed by atoms with Gasteiger partial charge < -0.3 is 5.32 Å². The summed E-state index contributed by atoms with van der Waals surface area (Å²) >= 11 is 0. The van der Waals surface area contributed by atoms with E-state index in [9.17, 15) is 39.2 Å². The lowest BCUT2D eigenvalue weighted by Crippen LogP contribution is -2.29. The van der Waals surface area contributed by atoms with Gasteiger partial charge in [0.2, 0.25) is 19.7 Å². The highest BCUT2D eigenvalue weighted by Crippen LogP contribution is 2.28. The molecule has 0 aliphatic heterocycles. The van der Waals surface area contributed by atoms with Gasteiger partial charge in [-0.1, -0.05) is 0 Å². The predicted molar refractivity (Wildman–Crippen MR) is 130 cm³/mol. The van der Waals surface area contributed by atoms with E-state index in [1.807, 2.05) is 6.07 Å². The van der Waals surface area contributed by atoms with Crippen LogP contribution in [0.15, 0.2) is 64.6 Å². The minimum absolute atomic E-state index is 0.135. The second-order valence-corrected chi connectivity index (χ2v) is 12.0. The minimum atomic E-state index is -5.47. The molecule has 0 saturated heterocycles. The number of carbonyl (C=O) groups is 1. The summed E-state index contributed by atoms with van der Waals surface area (Å²) < 4.78 is 102. The Labute approximate surface area is 224 Å². The largest absolute Gasteiger partial charge is 0.342 e. The van der Waals surface area contributed by atoms with E-state index in [1.165, 1.54) is 36.0 Å². The Morgan fingerprint density at radius 1 is 0.975 bits per heavy atom. The normalized spacial score (nSPS) is 12.9. The Kier molecular flexibility index (Phi) is 7.59. The number of carbonyl (C=O) groups excluding carboxylic acids is 1. The van der Waals surface area contributed by atoms with Crippen molar-refractivity contribution < 1.29 is 39.2 Å². The van der Waals surface area contributed by atoms with Crippen molar-refractivity contribution in [2.45, 2.75) is 34.3 Å². The molecular formula is C23H16F4N6O5S2. The number of hydrogen-bond acceptors (Lipinski definition) is 9. The molecule has 4 aromatic rings. The lowest BCUT2D eigenvalue weighted by atomic mass is 10.2. The molecule has 1 N–H and O–H groups in total. The Morgan fingerprint density at radius 3 is 2.12 bits per heavy atom. The first kappa shape index (κ1) is 28.6. The molecular weight excluding hydrogens is 580 g/mol. The van der Waals surface area contributed by atoms with E-state index in [4.69, 9.17) is 5.26 Å². The number of alkyl halides is 4. The van der Waals surface area contributed by atoms with Crippen molar-refractivity contribution in [3.05, 3.63) is 71.8 Å². The third kappa shape index (κ3) is 5.22. The fourth-order valence-corrected chi connectivity index (χ4v) is 5.26. The molecule has 40 heavy (non-hydrogen) atoms. The molecule has 1 amide bonds. The van der Waals surface area contributed by atoms with Crippen molar-refractivity contribution in [2.75, 3.05) is 0 Å². The fraction of sp³-hybridized carbons (Fsp3) is 0.174. The zero-order valence-electron chi connectivity index (χ0n) is 20.0. The highest BCUT2D eigenvalue weighted by atomic mass is 32.2. The molecule has 1 unspecified atom stereocenters. The number of benzene rings is 1. The van der Waals surface area contributed by atoms with Gasteiger partial charge in [-0.25, -0.2) is 31.8 Å². The summed E-state index contributed by atoms with van der Waals surface area (Å²) in [6, 6.07) is 8.12. The summed E-state index contributed by atoms with van der Waals surface area (Å²) in [5, 5.41) is 11.5. The molecule has 1 atom stereocenters. The number of nitrogens with zero attached hydrogens (tertiary/aromatic N) is 5. The zero-order valence-corrected chi connectivity index (χ0v) is 21.7. The third-order valence-corrected chi connectivity index (χ3v) is 8.28. The first-order chi connectivity index (χ1) is 18.8. The molecule has 17 heteroatoms. The van der Waals surface area contributed by atoms with Crippen molar-refractivity contribution in [2.24, 2.45) is 0 Å². The summed E-state index contributed by atoms with van der Waals surface area (Å²) in [5.41, 5.74) is 0.161. The van der Waals surface area contributed by atoms with Crippen molar-refractivity contribution in [3.8, 4) is 11.9 Å². The average molecular weight is 597 g/mol. The first-order valence-corrected chi connectivity index (χ1v) is 14.1. The second-order valence-electron chi connectivity index (χ2n) is 8.17. The van der Waals surface area contributed by atoms with E-state index >= 15 is 0 Å². The average Bonchev–Trinajstić information content (AvgIpc) is 3.32. The van der Waals surface area contributed by atoms with Crippen LogP contribution in [0.3, 0.4) is 0 Å². The minimum Gasteiger partial charge on any atom is -0.342 e. The smallest absolute Gasteiger partial charge is 0.341 e. The van der Waals surface area contributed by atoms with Crippen LogP contribution in [0.5, 0.6) is 0 Å². The number of halogens is 4. The highest BCUT2D eigenvalue weighted by molar-refractivity contribution is 7.92. The van der Waals surface area contributed by atoms with Crippen LogP contribution in [0.2, 0.25) is 0 Å². The predicted octanol–water partition coefficient (Wildman–Crippen LogP) is 3.17. The number of sulfone groups is 2. The first-order valence-electron chi connectivity index (χ1n) is 11.0. The van der Waals surface area contributed by atoms with Crippen LogP contribution in [-0.4, -0.2) is 53.8 Å². The van der Waals surface area contributed by atoms with Gasteiger partial charge in [0.05, 0.1) is 21.4 Å². The number of aromatic nitrogens is 4. The Hall–Kier alpha value is -4.43. The van der Waals surface area contributed by atoms with Gasteiger partial charge in [-0.15, -0.1) is 0 Å². The van der Waals surface area contributed by atoms with Gasteiger partial charge in [0.1, 0.15) is 23.2 Å². The Bertz CT molecular complexity index is 1820. The lowest BCUT2D eigenvalue weighted by molar-refractivity contribution is 0.0937. The van der Waals surface area contributed by atoms with Gasteiger partial charge in [0.15, 0.2) is 5.65 Å². The molecule has 3 aromatic heterocycles. The van der Waals surface area contributed by atoms with E-state index in [2.05, 4.69) is 20.3 Å². The molecule has 0 aliphatic rings. The van der Waals surface area contributed by atoms with Crippen LogP contribution >= 0.6 is 0 Å². The maximum absolute atomic E-state index is 13.2. The quantitative estimate of drug-likeness (QED) is 0.301. The van der Waals surface area contributed by atoms with E-state index < -0.39 is 58.5 Å². The maximum atomic E-state index is 13.2. The summed E-state index contributed by atoms with van der Waals surface area (Å²) in [5.74, 6) is -8.81. The van der Waals surface area contributed by atoms with Gasteiger partial charge in [-0.2, -0.15) is 22.8 Å². The SMILES string of the molecule is CC(NC(=O)c1cc(S(=O)(=O)C(F)F)cc(S(=O)(=O)C(F)F)c1)c1nc2cccnc2n1-c1ccc(C#N)cn1. The van der Waals surface area contributed by atoms with Crippen LogP contribution in [0, 0.1) is 11.3 Å². The standard InChI is InChI=1S/C23H16F4N6O5S2/c1-12(19-32-17-3-2-6-29-20(17)33(19)18-5-4-13(10-28)11-30-18)31-21(34)14-7-15(39(35,36)22(24)25)9-16(8-14)40(37,38)23(26)27/h2-9,11-12,22-23H,1H3,(H,31,34). The van der Waals surface area contributed by atoms with Crippen molar-refractivity contribution in [3.63, 3.8) is 0 Å². The molecule has 0 spiro atoms. The second kappa shape index (κ2) is 10.6. The van der Waals surface area contributed by atoms with Crippen molar-refractivity contribution in [1.29, 1.82) is 5.26 Å². The monoisotopic (exact) mass is 596 g/mol. The molecule has 11 nitrogen and oxygen atoms in total. The van der Waals surface area contributed by atoms with Crippen molar-refractivity contribution in [1.82, 2.24) is 24.8 Å². The van der Waals surface area contributed by atoms with Gasteiger partial charge in [0, 0.05) is 18.0 Å². The molecule has 0 bridgehead atoms. The summed E-state index contributed by atoms with van der Waals surface area (Å²) in [6.45, 7) is 1.44. The van der Waals surface area contributed by atoms with E-state index in [-0.39, 0.29) is 23.3 Å². The molecule has 0 saturated carbocycles. The van der Waals surface area contributed by atoms with Crippen LogP contribution < -0.4 is 5.32 Å². The fourth-order valence-electron chi connectivity index (χ4n) is 3.61. The number of rotatable bonds is 8. The van der Waals surface area contributed by atoms with Gasteiger partial charge in [-0.05, 0) is 49.4 Å². The number of hydrogen-bond donors (Lipinski definition) is 1. The summed E-state index contributed by atoms with van der Waals surface area (Å²) in [7, 11) is -10.9. The van der Waals surface area contributed by atoms with Gasteiger partial charge >= 0.3 is 11.5 Å². The topological polar surface area (TPSA) is 165 Å². The number of fused-ring (bicyclic) bond motifs is 1. The Morgan fingerprint density at radius 2 is 1.60 bits per heavy atom. The van der Waals surface area contributed by atoms with Crippen LogP contribution in [0.1, 0.15) is 34.7 Å². The number of amides is 1. The van der Waals surface area contributed by atoms with E-state index in [0.717, 1.165) is 0 Å². The molecule has 0 radical (unpaired) electrons. The van der Waals surface area contributed by atoms with Crippen LogP contribution in [-0.2, 0) is 19.7 Å². The van der Waals surface area contributed by atoms with E-state index in [0.29, 0.717) is 23.3 Å². The molecule has 0 aliphatic carbocycles. The van der Waals surface area contributed by atoms with Gasteiger partial charge in [0.25, 0.3) is 5.91 Å². The number of nitriles is 1. The molecule has 0 fully saturated rings. The molecule has 208 valence electrons. The Balaban J connectivity index is 1.79. The van der Waals surface area contributed by atoms with Crippen molar-refractivity contribution >= 4 is 36.7 Å². The molecule has 3 heterocycles. The number of pyridine rings is 2. The third-order valence-electron chi connectivity index (χ3n) is 5.55. The molecule has 1 aromatic carbocycles. The molecule has 4 rings (SSSR count). The maximum Gasteiger partial charge on any atom is 0.341 e. The summed E-state index contributed by atoms with van der Waals surface area (Å²) in [4.78, 5) is 23.3. The highest BCUT2D eigenvalue weighted by Gasteiger charge is 2.33. The zero-order chi connectivity index (χ0) is 29.4. The number of nitrogens with one attached hydrogen (secondary N) is 1. The van der Waals surface area contributed by atoms with E-state index in [1.54, 1.807) is 12.1 Å².